The van der Waals surface area contributed by atoms with Gasteiger partial charge in [-0.25, -0.2) is 0 Å². The molecule has 0 saturated heterocycles. The van der Waals surface area contributed by atoms with E-state index in [2.05, 4.69) is 5.32 Å². The highest BCUT2D eigenvalue weighted by molar-refractivity contribution is 4.90. The van der Waals surface area contributed by atoms with Gasteiger partial charge >= 0.3 is 0 Å². The molecule has 0 atom stereocenters. The molecule has 0 radical (unpaired) electrons. The summed E-state index contributed by atoms with van der Waals surface area (Å²) in [6.07, 6.45) is 13.9. The Bertz CT molecular complexity index is 191. The van der Waals surface area contributed by atoms with E-state index >= 15 is 0 Å². The summed E-state index contributed by atoms with van der Waals surface area (Å²) in [5.74, 6) is 1.07. The van der Waals surface area contributed by atoms with Crippen LogP contribution in [0.2, 0.25) is 0 Å². The van der Waals surface area contributed by atoms with Gasteiger partial charge in [0.15, 0.2) is 0 Å². The van der Waals surface area contributed by atoms with Crippen molar-refractivity contribution in [2.75, 3.05) is 13.1 Å². The van der Waals surface area contributed by atoms with Gasteiger partial charge in [-0.1, -0.05) is 38.5 Å². The quantitative estimate of drug-likeness (QED) is 0.538. The van der Waals surface area contributed by atoms with Crippen molar-refractivity contribution in [3.05, 3.63) is 0 Å². The summed E-state index contributed by atoms with van der Waals surface area (Å²) in [6, 6.07) is 0. The molecule has 0 aromatic rings. The molecule has 0 unspecified atom stereocenters. The molecule has 0 aliphatic heterocycles. The zero-order chi connectivity index (χ0) is 11.3. The van der Waals surface area contributed by atoms with Crippen LogP contribution in [-0.2, 0) is 0 Å². The van der Waals surface area contributed by atoms with E-state index < -0.39 is 0 Å². The highest BCUT2D eigenvalue weighted by Gasteiger charge is 2.28. The van der Waals surface area contributed by atoms with Crippen LogP contribution in [0.15, 0.2) is 0 Å². The first-order chi connectivity index (χ1) is 7.85. The minimum atomic E-state index is 0.292. The molecule has 2 aliphatic rings. The summed E-state index contributed by atoms with van der Waals surface area (Å²) in [5.41, 5.74) is 6.29. The summed E-state index contributed by atoms with van der Waals surface area (Å²) in [7, 11) is 0. The van der Waals surface area contributed by atoms with Gasteiger partial charge in [0.05, 0.1) is 0 Å². The van der Waals surface area contributed by atoms with E-state index in [9.17, 15) is 0 Å². The van der Waals surface area contributed by atoms with Gasteiger partial charge in [-0.2, -0.15) is 0 Å². The first-order valence-corrected chi connectivity index (χ1v) is 7.30. The molecule has 2 fully saturated rings. The van der Waals surface area contributed by atoms with E-state index in [4.69, 9.17) is 5.73 Å². The molecule has 0 aromatic heterocycles. The lowest BCUT2D eigenvalue weighted by atomic mass is 9.90. The van der Waals surface area contributed by atoms with Crippen LogP contribution in [0.4, 0.5) is 0 Å². The Hall–Kier alpha value is -0.0800. The average molecular weight is 224 g/mol. The molecule has 3 N–H and O–H groups in total. The van der Waals surface area contributed by atoms with E-state index in [1.165, 1.54) is 70.8 Å². The second kappa shape index (κ2) is 6.02. The molecular formula is C14H28N2. The Morgan fingerprint density at radius 2 is 1.75 bits per heavy atom. The highest BCUT2D eigenvalue weighted by atomic mass is 15.0. The van der Waals surface area contributed by atoms with Crippen molar-refractivity contribution in [2.24, 2.45) is 11.7 Å². The molecule has 0 spiro atoms. The minimum Gasteiger partial charge on any atom is -0.329 e. The first kappa shape index (κ1) is 12.4. The van der Waals surface area contributed by atoms with Gasteiger partial charge in [0, 0.05) is 12.1 Å². The molecule has 0 bridgehead atoms. The second-order valence-electron chi connectivity index (χ2n) is 5.91. The van der Waals surface area contributed by atoms with Crippen LogP contribution in [0.1, 0.15) is 64.2 Å². The first-order valence-electron chi connectivity index (χ1n) is 7.30. The number of hydrogen-bond acceptors (Lipinski definition) is 2. The number of nitrogens with one attached hydrogen (secondary N) is 1. The van der Waals surface area contributed by atoms with Crippen molar-refractivity contribution in [3.63, 3.8) is 0 Å². The Balaban J connectivity index is 1.68. The van der Waals surface area contributed by atoms with E-state index in [0.717, 1.165) is 12.5 Å². The summed E-state index contributed by atoms with van der Waals surface area (Å²) < 4.78 is 0. The fourth-order valence-corrected chi connectivity index (χ4v) is 3.01. The molecule has 2 aliphatic carbocycles. The predicted octanol–water partition coefficient (Wildman–Crippen LogP) is 2.82. The van der Waals surface area contributed by atoms with E-state index in [1.807, 2.05) is 0 Å². The van der Waals surface area contributed by atoms with E-state index in [0.29, 0.717) is 5.54 Å². The summed E-state index contributed by atoms with van der Waals surface area (Å²) in [4.78, 5) is 0. The maximum absolute atomic E-state index is 6.00. The Labute approximate surface area is 100 Å². The van der Waals surface area contributed by atoms with Gasteiger partial charge in [0.25, 0.3) is 0 Å². The van der Waals surface area contributed by atoms with E-state index in [-0.39, 0.29) is 0 Å². The fourth-order valence-electron chi connectivity index (χ4n) is 3.01. The van der Waals surface area contributed by atoms with Crippen molar-refractivity contribution < 1.29 is 0 Å². The third-order valence-electron chi connectivity index (χ3n) is 4.44. The molecule has 0 heterocycles. The zero-order valence-electron chi connectivity index (χ0n) is 10.6. The monoisotopic (exact) mass is 224 g/mol. The van der Waals surface area contributed by atoms with Crippen molar-refractivity contribution in [1.29, 1.82) is 0 Å². The Morgan fingerprint density at radius 3 is 2.31 bits per heavy atom. The van der Waals surface area contributed by atoms with E-state index in [1.54, 1.807) is 0 Å². The molecule has 2 heteroatoms. The zero-order valence-corrected chi connectivity index (χ0v) is 10.6. The lowest BCUT2D eigenvalue weighted by Gasteiger charge is -2.33. The van der Waals surface area contributed by atoms with Gasteiger partial charge in [-0.15, -0.1) is 0 Å². The topological polar surface area (TPSA) is 38.0 Å². The van der Waals surface area contributed by atoms with Crippen molar-refractivity contribution in [2.45, 2.75) is 69.7 Å². The number of nitrogens with two attached hydrogens (primary N) is 1. The number of hydrogen-bond donors (Lipinski definition) is 2. The smallest absolute Gasteiger partial charge is 0.0304 e. The van der Waals surface area contributed by atoms with Gasteiger partial charge in [-0.05, 0) is 38.1 Å². The van der Waals surface area contributed by atoms with Crippen LogP contribution < -0.4 is 11.1 Å². The van der Waals surface area contributed by atoms with Gasteiger partial charge in [0.1, 0.15) is 0 Å². The standard InChI is InChI=1S/C14H28N2/c15-12-14(9-3-1-2-4-10-14)16-11-5-6-13-7-8-13/h13,16H,1-12,15H2. The lowest BCUT2D eigenvalue weighted by molar-refractivity contribution is 0.290. The molecule has 2 rings (SSSR count). The van der Waals surface area contributed by atoms with Crippen LogP contribution in [0.25, 0.3) is 0 Å². The second-order valence-corrected chi connectivity index (χ2v) is 5.91. The largest absolute Gasteiger partial charge is 0.329 e. The van der Waals surface area contributed by atoms with Crippen molar-refractivity contribution >= 4 is 0 Å². The van der Waals surface area contributed by atoms with Crippen LogP contribution in [0.5, 0.6) is 0 Å². The molecule has 94 valence electrons. The highest BCUT2D eigenvalue weighted by Crippen LogP contribution is 2.33. The Morgan fingerprint density at radius 1 is 1.06 bits per heavy atom. The van der Waals surface area contributed by atoms with Crippen LogP contribution in [0.3, 0.4) is 0 Å². The van der Waals surface area contributed by atoms with Gasteiger partial charge in [0.2, 0.25) is 0 Å². The third kappa shape index (κ3) is 3.74. The number of rotatable bonds is 6. The summed E-state index contributed by atoms with van der Waals surface area (Å²) in [5, 5.41) is 3.78. The summed E-state index contributed by atoms with van der Waals surface area (Å²) in [6.45, 7) is 2.02. The maximum Gasteiger partial charge on any atom is 0.0304 e. The maximum atomic E-state index is 6.00. The third-order valence-corrected chi connectivity index (χ3v) is 4.44. The lowest BCUT2D eigenvalue weighted by Crippen LogP contribution is -2.51. The molecule has 0 aromatic carbocycles. The van der Waals surface area contributed by atoms with Gasteiger partial charge in [-0.3, -0.25) is 0 Å². The molecular weight excluding hydrogens is 196 g/mol. The van der Waals surface area contributed by atoms with Gasteiger partial charge < -0.3 is 11.1 Å². The molecule has 2 saturated carbocycles. The van der Waals surface area contributed by atoms with Crippen LogP contribution in [0, 0.1) is 5.92 Å². The van der Waals surface area contributed by atoms with Crippen LogP contribution >= 0.6 is 0 Å². The predicted molar refractivity (Wildman–Crippen MR) is 69.4 cm³/mol. The fraction of sp³-hybridized carbons (Fsp3) is 1.00. The normalized spacial score (nSPS) is 25.3. The molecule has 2 nitrogen and oxygen atoms in total. The average Bonchev–Trinajstić information content (AvgIpc) is 3.13. The minimum absolute atomic E-state index is 0.292. The van der Waals surface area contributed by atoms with Crippen molar-refractivity contribution in [3.8, 4) is 0 Å². The summed E-state index contributed by atoms with van der Waals surface area (Å²) >= 11 is 0. The van der Waals surface area contributed by atoms with Crippen LogP contribution in [-0.4, -0.2) is 18.6 Å². The SMILES string of the molecule is NCC1(NCCCC2CC2)CCCCCC1. The Kier molecular flexibility index (Phi) is 4.66. The molecule has 16 heavy (non-hydrogen) atoms. The molecule has 0 amide bonds. The van der Waals surface area contributed by atoms with Crippen molar-refractivity contribution in [1.82, 2.24) is 5.32 Å².